The molecule has 1 aromatic carbocycles. The number of nitrogens with zero attached hydrogens (tertiary/aromatic N) is 2. The number of hydrogen-bond donors (Lipinski definition) is 3. The van der Waals surface area contributed by atoms with Crippen LogP contribution in [0, 0.1) is 0 Å². The maximum absolute atomic E-state index is 12.4. The first-order chi connectivity index (χ1) is 12.9. The van der Waals surface area contributed by atoms with Gasteiger partial charge in [0.05, 0.1) is 17.7 Å². The van der Waals surface area contributed by atoms with Gasteiger partial charge in [0.25, 0.3) is 17.4 Å². The highest BCUT2D eigenvalue weighted by Crippen LogP contribution is 2.31. The third-order valence-corrected chi connectivity index (χ3v) is 4.70. The SMILES string of the molecule is O=C1c2ccccc2C(=O)N1C[C@H]1O[C@@H](n2ccc(=O)[nH]c2=O)[C@H](O)[C@@H]1O. The zero-order valence-corrected chi connectivity index (χ0v) is 13.8. The maximum atomic E-state index is 12.4. The highest BCUT2D eigenvalue weighted by Gasteiger charge is 2.47. The number of rotatable bonds is 3. The first-order valence-electron chi connectivity index (χ1n) is 8.17. The summed E-state index contributed by atoms with van der Waals surface area (Å²) in [5, 5.41) is 20.5. The van der Waals surface area contributed by atoms with Gasteiger partial charge in [-0.15, -0.1) is 0 Å². The van der Waals surface area contributed by atoms with Crippen molar-refractivity contribution in [2.45, 2.75) is 24.5 Å². The maximum Gasteiger partial charge on any atom is 0.330 e. The molecule has 1 aromatic heterocycles. The Morgan fingerprint density at radius 3 is 2.19 bits per heavy atom. The molecule has 3 N–H and O–H groups in total. The molecule has 4 rings (SSSR count). The molecular weight excluding hydrogens is 358 g/mol. The number of amides is 2. The van der Waals surface area contributed by atoms with Crippen LogP contribution in [0.2, 0.25) is 0 Å². The highest BCUT2D eigenvalue weighted by atomic mass is 16.6. The standard InChI is InChI=1S/C17H15N3O7/c21-11-5-6-19(17(26)18-11)16-13(23)12(22)10(27-16)7-20-14(24)8-3-1-2-4-9(8)15(20)25/h1-6,10,12-13,16,22-23H,7H2,(H,18,21,26)/t10-,12-,13-,16-/m1/s1. The molecule has 0 aliphatic carbocycles. The molecule has 4 atom stereocenters. The molecule has 0 bridgehead atoms. The minimum absolute atomic E-state index is 0.254. The number of carbonyl (C=O) groups excluding carboxylic acids is 2. The van der Waals surface area contributed by atoms with E-state index in [0.717, 1.165) is 21.7 Å². The molecule has 2 aromatic rings. The summed E-state index contributed by atoms with van der Waals surface area (Å²) in [7, 11) is 0. The summed E-state index contributed by atoms with van der Waals surface area (Å²) in [6.07, 6.45) is -4.19. The third-order valence-electron chi connectivity index (χ3n) is 4.70. The van der Waals surface area contributed by atoms with Crippen LogP contribution in [0.3, 0.4) is 0 Å². The predicted octanol–water partition coefficient (Wildman–Crippen LogP) is -1.55. The van der Waals surface area contributed by atoms with Gasteiger partial charge in [-0.05, 0) is 12.1 Å². The van der Waals surface area contributed by atoms with Crippen molar-refractivity contribution in [2.75, 3.05) is 6.54 Å². The zero-order chi connectivity index (χ0) is 19.3. The molecular formula is C17H15N3O7. The van der Waals surface area contributed by atoms with Crippen LogP contribution in [0.15, 0.2) is 46.1 Å². The lowest BCUT2D eigenvalue weighted by Gasteiger charge is -2.21. The van der Waals surface area contributed by atoms with Crippen LogP contribution in [-0.4, -0.2) is 61.3 Å². The van der Waals surface area contributed by atoms with Gasteiger partial charge in [-0.1, -0.05) is 12.1 Å². The number of H-pyrrole nitrogens is 1. The minimum Gasteiger partial charge on any atom is -0.387 e. The van der Waals surface area contributed by atoms with E-state index in [9.17, 15) is 29.4 Å². The Bertz CT molecular complexity index is 1010. The summed E-state index contributed by atoms with van der Waals surface area (Å²) in [6, 6.07) is 7.40. The van der Waals surface area contributed by atoms with Gasteiger partial charge in [0.15, 0.2) is 6.23 Å². The van der Waals surface area contributed by atoms with Crippen molar-refractivity contribution in [3.63, 3.8) is 0 Å². The van der Waals surface area contributed by atoms with E-state index < -0.39 is 47.6 Å². The summed E-state index contributed by atoms with van der Waals surface area (Å²) in [5.74, 6) is -1.05. The van der Waals surface area contributed by atoms with Crippen molar-refractivity contribution < 1.29 is 24.5 Å². The highest BCUT2D eigenvalue weighted by molar-refractivity contribution is 6.21. The zero-order valence-electron chi connectivity index (χ0n) is 13.8. The molecule has 0 unspecified atom stereocenters. The number of carbonyl (C=O) groups is 2. The van der Waals surface area contributed by atoms with Crippen molar-refractivity contribution >= 4 is 11.8 Å². The topological polar surface area (TPSA) is 142 Å². The second kappa shape index (κ2) is 6.27. The second-order valence-corrected chi connectivity index (χ2v) is 6.33. The van der Waals surface area contributed by atoms with Gasteiger partial charge in [-0.2, -0.15) is 0 Å². The van der Waals surface area contributed by atoms with Crippen molar-refractivity contribution in [2.24, 2.45) is 0 Å². The average Bonchev–Trinajstić information content (AvgIpc) is 3.06. The Balaban J connectivity index is 1.57. The first-order valence-corrected chi connectivity index (χ1v) is 8.17. The van der Waals surface area contributed by atoms with E-state index in [1.165, 1.54) is 12.1 Å². The Morgan fingerprint density at radius 1 is 0.963 bits per heavy atom. The van der Waals surface area contributed by atoms with Crippen molar-refractivity contribution in [1.82, 2.24) is 14.5 Å². The van der Waals surface area contributed by atoms with Crippen molar-refractivity contribution in [3.05, 3.63) is 68.5 Å². The van der Waals surface area contributed by atoms with Crippen molar-refractivity contribution in [3.8, 4) is 0 Å². The van der Waals surface area contributed by atoms with Crippen LogP contribution in [0.5, 0.6) is 0 Å². The number of aliphatic hydroxyl groups is 2. The lowest BCUT2D eigenvalue weighted by atomic mass is 10.1. The molecule has 140 valence electrons. The normalized spacial score (nSPS) is 27.3. The van der Waals surface area contributed by atoms with Gasteiger partial charge in [0, 0.05) is 12.3 Å². The van der Waals surface area contributed by atoms with E-state index in [1.807, 2.05) is 4.98 Å². The van der Waals surface area contributed by atoms with Gasteiger partial charge >= 0.3 is 5.69 Å². The number of imide groups is 1. The fourth-order valence-corrected chi connectivity index (χ4v) is 3.32. The lowest BCUT2D eigenvalue weighted by Crippen LogP contribution is -2.42. The minimum atomic E-state index is -1.49. The van der Waals surface area contributed by atoms with E-state index in [4.69, 9.17) is 4.74 Å². The van der Waals surface area contributed by atoms with E-state index >= 15 is 0 Å². The van der Waals surface area contributed by atoms with E-state index in [1.54, 1.807) is 12.1 Å². The fraction of sp³-hybridized carbons (Fsp3) is 0.294. The quantitative estimate of drug-likeness (QED) is 0.553. The molecule has 0 spiro atoms. The monoisotopic (exact) mass is 373 g/mol. The van der Waals surface area contributed by atoms with Gasteiger partial charge < -0.3 is 14.9 Å². The number of nitrogens with one attached hydrogen (secondary N) is 1. The number of aromatic amines is 1. The molecule has 1 fully saturated rings. The summed E-state index contributed by atoms with van der Waals surface area (Å²) in [5.41, 5.74) is -0.931. The van der Waals surface area contributed by atoms with E-state index in [-0.39, 0.29) is 17.7 Å². The first kappa shape index (κ1) is 17.3. The van der Waals surface area contributed by atoms with Gasteiger partial charge in [-0.3, -0.25) is 28.8 Å². The number of hydrogen-bond acceptors (Lipinski definition) is 7. The van der Waals surface area contributed by atoms with Crippen LogP contribution in [0.25, 0.3) is 0 Å². The molecule has 3 heterocycles. The summed E-state index contributed by atoms with van der Waals surface area (Å²) >= 11 is 0. The predicted molar refractivity (Wildman–Crippen MR) is 89.1 cm³/mol. The molecule has 2 amide bonds. The molecule has 1 saturated heterocycles. The van der Waals surface area contributed by atoms with E-state index in [2.05, 4.69) is 0 Å². The van der Waals surface area contributed by atoms with Crippen LogP contribution in [-0.2, 0) is 4.74 Å². The second-order valence-electron chi connectivity index (χ2n) is 6.33. The van der Waals surface area contributed by atoms with Crippen molar-refractivity contribution in [1.29, 1.82) is 0 Å². The van der Waals surface area contributed by atoms with Crippen LogP contribution in [0.1, 0.15) is 26.9 Å². The third kappa shape index (κ3) is 2.70. The summed E-state index contributed by atoms with van der Waals surface area (Å²) in [6.45, 7) is -0.292. The molecule has 27 heavy (non-hydrogen) atoms. The fourth-order valence-electron chi connectivity index (χ4n) is 3.32. The molecule has 10 nitrogen and oxygen atoms in total. The Labute approximate surface area is 151 Å². The summed E-state index contributed by atoms with van der Waals surface area (Å²) in [4.78, 5) is 50.9. The molecule has 0 saturated carbocycles. The molecule has 10 heteroatoms. The average molecular weight is 373 g/mol. The largest absolute Gasteiger partial charge is 0.387 e. The smallest absolute Gasteiger partial charge is 0.330 e. The van der Waals surface area contributed by atoms with E-state index in [0.29, 0.717) is 0 Å². The van der Waals surface area contributed by atoms with Crippen LogP contribution < -0.4 is 11.2 Å². The molecule has 0 radical (unpaired) electrons. The number of benzene rings is 1. The van der Waals surface area contributed by atoms with Gasteiger partial charge in [0.2, 0.25) is 0 Å². The van der Waals surface area contributed by atoms with Crippen LogP contribution in [0.4, 0.5) is 0 Å². The van der Waals surface area contributed by atoms with Crippen LogP contribution >= 0.6 is 0 Å². The summed E-state index contributed by atoms with van der Waals surface area (Å²) < 4.78 is 6.47. The number of fused-ring (bicyclic) bond motifs is 1. The number of ether oxygens (including phenoxy) is 1. The van der Waals surface area contributed by atoms with Gasteiger partial charge in [0.1, 0.15) is 18.3 Å². The lowest BCUT2D eigenvalue weighted by molar-refractivity contribution is -0.0445. The Kier molecular flexibility index (Phi) is 4.02. The number of aliphatic hydroxyl groups excluding tert-OH is 2. The Morgan fingerprint density at radius 2 is 1.59 bits per heavy atom. The number of aromatic nitrogens is 2. The molecule has 2 aliphatic rings. The van der Waals surface area contributed by atoms with Gasteiger partial charge in [-0.25, -0.2) is 4.79 Å². The Hall–Kier alpha value is -3.08. The molecule has 2 aliphatic heterocycles.